The number of thiazole rings is 1. The van der Waals surface area contributed by atoms with Gasteiger partial charge in [-0.3, -0.25) is 15.1 Å². The van der Waals surface area contributed by atoms with Gasteiger partial charge >= 0.3 is 5.97 Å². The van der Waals surface area contributed by atoms with Crippen molar-refractivity contribution in [3.63, 3.8) is 0 Å². The highest BCUT2D eigenvalue weighted by Gasteiger charge is 2.14. The Morgan fingerprint density at radius 3 is 2.90 bits per heavy atom. The predicted molar refractivity (Wildman–Crippen MR) is 116 cm³/mol. The van der Waals surface area contributed by atoms with Gasteiger partial charge in [0.2, 0.25) is 5.13 Å². The summed E-state index contributed by atoms with van der Waals surface area (Å²) in [7, 11) is 0. The van der Waals surface area contributed by atoms with Gasteiger partial charge in [0.25, 0.3) is 0 Å². The Bertz CT molecular complexity index is 831. The first-order valence-corrected chi connectivity index (χ1v) is 10.9. The lowest BCUT2D eigenvalue weighted by atomic mass is 10.1. The van der Waals surface area contributed by atoms with Gasteiger partial charge in [-0.1, -0.05) is 0 Å². The number of hydrazone groups is 1. The molecule has 0 aliphatic carbocycles. The zero-order valence-electron chi connectivity index (χ0n) is 17.0. The first-order chi connectivity index (χ1) is 14.2. The molecule has 0 atom stereocenters. The molecule has 7 nitrogen and oxygen atoms in total. The standard InChI is InChI=1S/C21H28N4O3S/c1-3-27-19-8-7-16(11-17(19)14-25-9-5-6-10-25)13-22-24-21-23-18(15-29-21)12-20(26)28-4-2/h7-8,11,13,15H,3-6,9-10,12,14H2,1-2H3,(H,23,24). The van der Waals surface area contributed by atoms with Crippen molar-refractivity contribution in [1.29, 1.82) is 0 Å². The van der Waals surface area contributed by atoms with Crippen molar-refractivity contribution in [2.24, 2.45) is 5.10 Å². The molecule has 29 heavy (non-hydrogen) atoms. The van der Waals surface area contributed by atoms with Crippen molar-refractivity contribution >= 4 is 28.7 Å². The monoisotopic (exact) mass is 416 g/mol. The summed E-state index contributed by atoms with van der Waals surface area (Å²) in [4.78, 5) is 18.3. The Kier molecular flexibility index (Phi) is 8.01. The Labute approximate surface area is 175 Å². The van der Waals surface area contributed by atoms with Crippen molar-refractivity contribution in [2.75, 3.05) is 31.7 Å². The molecule has 2 heterocycles. The van der Waals surface area contributed by atoms with Crippen LogP contribution in [-0.4, -0.2) is 48.4 Å². The third kappa shape index (κ3) is 6.54. The van der Waals surface area contributed by atoms with Gasteiger partial charge in [0.15, 0.2) is 0 Å². The molecule has 1 aliphatic heterocycles. The van der Waals surface area contributed by atoms with Crippen LogP contribution in [0.25, 0.3) is 0 Å². The average Bonchev–Trinajstić information content (AvgIpc) is 3.36. The fourth-order valence-electron chi connectivity index (χ4n) is 3.24. The van der Waals surface area contributed by atoms with Gasteiger partial charge in [-0.2, -0.15) is 5.10 Å². The van der Waals surface area contributed by atoms with Crippen molar-refractivity contribution in [3.8, 4) is 5.75 Å². The number of likely N-dealkylation sites (tertiary alicyclic amines) is 1. The number of anilines is 1. The summed E-state index contributed by atoms with van der Waals surface area (Å²) in [5.74, 6) is 0.667. The summed E-state index contributed by atoms with van der Waals surface area (Å²) in [5.41, 5.74) is 5.80. The van der Waals surface area contributed by atoms with E-state index in [1.54, 1.807) is 13.1 Å². The summed E-state index contributed by atoms with van der Waals surface area (Å²) in [5, 5.41) is 6.77. The van der Waals surface area contributed by atoms with Gasteiger partial charge in [0.05, 0.1) is 31.5 Å². The Hall–Kier alpha value is -2.45. The van der Waals surface area contributed by atoms with E-state index in [4.69, 9.17) is 9.47 Å². The molecule has 0 unspecified atom stereocenters. The van der Waals surface area contributed by atoms with Gasteiger partial charge in [-0.05, 0) is 63.5 Å². The van der Waals surface area contributed by atoms with Crippen LogP contribution in [0.15, 0.2) is 28.7 Å². The maximum atomic E-state index is 11.5. The van der Waals surface area contributed by atoms with Crippen LogP contribution >= 0.6 is 11.3 Å². The molecule has 0 spiro atoms. The van der Waals surface area contributed by atoms with Crippen molar-refractivity contribution in [2.45, 2.75) is 39.7 Å². The minimum absolute atomic E-state index is 0.175. The third-order valence-corrected chi connectivity index (χ3v) is 5.33. The van der Waals surface area contributed by atoms with E-state index < -0.39 is 0 Å². The summed E-state index contributed by atoms with van der Waals surface area (Å²) in [6, 6.07) is 6.14. The van der Waals surface area contributed by atoms with E-state index in [1.165, 1.54) is 29.7 Å². The molecule has 3 rings (SSSR count). The molecule has 1 N–H and O–H groups in total. The van der Waals surface area contributed by atoms with E-state index in [1.807, 2.05) is 24.4 Å². The molecule has 1 aromatic heterocycles. The zero-order valence-corrected chi connectivity index (χ0v) is 17.8. The molecular weight excluding hydrogens is 388 g/mol. The first-order valence-electron chi connectivity index (χ1n) is 10.0. The Morgan fingerprint density at radius 1 is 1.31 bits per heavy atom. The lowest BCUT2D eigenvalue weighted by molar-refractivity contribution is -0.142. The second kappa shape index (κ2) is 10.9. The van der Waals surface area contributed by atoms with E-state index in [9.17, 15) is 4.79 Å². The lowest BCUT2D eigenvalue weighted by Crippen LogP contribution is -2.19. The van der Waals surface area contributed by atoms with Crippen LogP contribution in [0.4, 0.5) is 5.13 Å². The fraction of sp³-hybridized carbons (Fsp3) is 0.476. The third-order valence-electron chi connectivity index (χ3n) is 4.53. The van der Waals surface area contributed by atoms with Crippen molar-refractivity contribution in [1.82, 2.24) is 9.88 Å². The Morgan fingerprint density at radius 2 is 2.14 bits per heavy atom. The summed E-state index contributed by atoms with van der Waals surface area (Å²) >= 11 is 1.41. The summed E-state index contributed by atoms with van der Waals surface area (Å²) in [6.07, 6.45) is 4.48. The second-order valence-electron chi connectivity index (χ2n) is 6.78. The molecule has 0 bridgehead atoms. The molecule has 0 radical (unpaired) electrons. The second-order valence-corrected chi connectivity index (χ2v) is 7.64. The number of carbonyl (C=O) groups excluding carboxylic acids is 1. The smallest absolute Gasteiger partial charge is 0.311 e. The Balaban J connectivity index is 1.61. The highest BCUT2D eigenvalue weighted by Crippen LogP contribution is 2.23. The number of rotatable bonds is 10. The molecule has 8 heteroatoms. The number of aromatic nitrogens is 1. The minimum Gasteiger partial charge on any atom is -0.494 e. The van der Waals surface area contributed by atoms with Crippen LogP contribution in [0.3, 0.4) is 0 Å². The molecule has 0 saturated carbocycles. The van der Waals surface area contributed by atoms with Crippen LogP contribution in [0.5, 0.6) is 5.75 Å². The van der Waals surface area contributed by atoms with Gasteiger partial charge in [-0.25, -0.2) is 4.98 Å². The highest BCUT2D eigenvalue weighted by atomic mass is 32.1. The molecule has 1 fully saturated rings. The maximum absolute atomic E-state index is 11.5. The SMILES string of the molecule is CCOC(=O)Cc1csc(NN=Cc2ccc(OCC)c(CN3CCCC3)c2)n1. The van der Waals surface area contributed by atoms with Crippen LogP contribution in [0.2, 0.25) is 0 Å². The predicted octanol–water partition coefficient (Wildman–Crippen LogP) is 3.69. The molecule has 2 aromatic rings. The first kappa shape index (κ1) is 21.3. The molecule has 0 amide bonds. The van der Waals surface area contributed by atoms with Crippen LogP contribution in [0.1, 0.15) is 43.5 Å². The van der Waals surface area contributed by atoms with E-state index in [0.29, 0.717) is 24.0 Å². The zero-order chi connectivity index (χ0) is 20.5. The van der Waals surface area contributed by atoms with E-state index in [2.05, 4.69) is 26.5 Å². The van der Waals surface area contributed by atoms with Gasteiger partial charge in [-0.15, -0.1) is 11.3 Å². The minimum atomic E-state index is -0.271. The molecule has 1 aliphatic rings. The molecular formula is C21H28N4O3S. The summed E-state index contributed by atoms with van der Waals surface area (Å²) < 4.78 is 10.7. The summed E-state index contributed by atoms with van der Waals surface area (Å²) in [6.45, 7) is 8.00. The van der Waals surface area contributed by atoms with Gasteiger partial charge in [0.1, 0.15) is 5.75 Å². The number of benzene rings is 1. The molecule has 1 aromatic carbocycles. The number of carbonyl (C=O) groups is 1. The van der Waals surface area contributed by atoms with Gasteiger partial charge < -0.3 is 9.47 Å². The number of esters is 1. The number of hydrogen-bond acceptors (Lipinski definition) is 8. The van der Waals surface area contributed by atoms with E-state index in [-0.39, 0.29) is 12.4 Å². The molecule has 1 saturated heterocycles. The topological polar surface area (TPSA) is 76.1 Å². The molecule has 156 valence electrons. The number of ether oxygens (including phenoxy) is 2. The van der Waals surface area contributed by atoms with E-state index in [0.717, 1.165) is 30.9 Å². The largest absolute Gasteiger partial charge is 0.494 e. The highest BCUT2D eigenvalue weighted by molar-refractivity contribution is 7.13. The normalized spacial score (nSPS) is 14.4. The van der Waals surface area contributed by atoms with Crippen LogP contribution < -0.4 is 10.2 Å². The van der Waals surface area contributed by atoms with E-state index >= 15 is 0 Å². The maximum Gasteiger partial charge on any atom is 0.311 e. The van der Waals surface area contributed by atoms with Crippen molar-refractivity contribution in [3.05, 3.63) is 40.4 Å². The average molecular weight is 417 g/mol. The van der Waals surface area contributed by atoms with Crippen LogP contribution in [0, 0.1) is 0 Å². The van der Waals surface area contributed by atoms with Gasteiger partial charge in [0, 0.05) is 17.5 Å². The number of nitrogens with one attached hydrogen (secondary N) is 1. The van der Waals surface area contributed by atoms with Crippen LogP contribution in [-0.2, 0) is 22.5 Å². The fourth-order valence-corrected chi connectivity index (χ4v) is 3.90. The quantitative estimate of drug-likeness (QED) is 0.362. The van der Waals surface area contributed by atoms with Crippen molar-refractivity contribution < 1.29 is 14.3 Å². The number of hydrogen-bond donors (Lipinski definition) is 1. The lowest BCUT2D eigenvalue weighted by Gasteiger charge is -2.18. The number of nitrogens with zero attached hydrogens (tertiary/aromatic N) is 3.